The standard InChI is InChI=1S/C33H42ClN3O4S/c1-24(2)22-35-33(39)31(20-27-13-7-6-8-14-27)36(23-28-15-10-9-12-25(28)3)32(38)16-11-19-37(42(5,40)41)30-21-29(34)18-17-26(30)4/h6-10,12-15,17-18,21,24,31H,11,16,19-20,22-23H2,1-5H3,(H,35,39). The molecule has 1 N–H and O–H groups in total. The normalized spacial score (nSPS) is 12.2. The maximum absolute atomic E-state index is 14.0. The first-order chi connectivity index (χ1) is 19.9. The van der Waals surface area contributed by atoms with Crippen molar-refractivity contribution in [1.29, 1.82) is 0 Å². The lowest BCUT2D eigenvalue weighted by molar-refractivity contribution is -0.141. The summed E-state index contributed by atoms with van der Waals surface area (Å²) >= 11 is 6.18. The van der Waals surface area contributed by atoms with Gasteiger partial charge in [-0.1, -0.05) is 86.1 Å². The Morgan fingerprint density at radius 1 is 0.929 bits per heavy atom. The molecule has 0 spiro atoms. The van der Waals surface area contributed by atoms with Gasteiger partial charge in [-0.2, -0.15) is 0 Å². The molecular weight excluding hydrogens is 570 g/mol. The van der Waals surface area contributed by atoms with E-state index in [1.165, 1.54) is 4.31 Å². The van der Waals surface area contributed by atoms with E-state index >= 15 is 0 Å². The third-order valence-corrected chi connectivity index (χ3v) is 8.56. The molecule has 7 nitrogen and oxygen atoms in total. The molecule has 0 fully saturated rings. The molecule has 42 heavy (non-hydrogen) atoms. The number of halogens is 1. The van der Waals surface area contributed by atoms with E-state index in [0.717, 1.165) is 28.5 Å². The number of sulfonamides is 1. The zero-order valence-corrected chi connectivity index (χ0v) is 26.7. The van der Waals surface area contributed by atoms with Gasteiger partial charge in [0.05, 0.1) is 11.9 Å². The van der Waals surface area contributed by atoms with E-state index in [9.17, 15) is 18.0 Å². The van der Waals surface area contributed by atoms with Crippen molar-refractivity contribution in [3.63, 3.8) is 0 Å². The number of anilines is 1. The van der Waals surface area contributed by atoms with E-state index < -0.39 is 16.1 Å². The summed E-state index contributed by atoms with van der Waals surface area (Å²) < 4.78 is 26.8. The van der Waals surface area contributed by atoms with Crippen molar-refractivity contribution in [3.05, 3.63) is 100 Å². The van der Waals surface area contributed by atoms with E-state index in [4.69, 9.17) is 11.6 Å². The summed E-state index contributed by atoms with van der Waals surface area (Å²) in [6.45, 7) is 8.73. The van der Waals surface area contributed by atoms with Crippen LogP contribution in [0.5, 0.6) is 0 Å². The first-order valence-electron chi connectivity index (χ1n) is 14.3. The molecule has 0 bridgehead atoms. The maximum atomic E-state index is 14.0. The molecule has 0 heterocycles. The highest BCUT2D eigenvalue weighted by molar-refractivity contribution is 7.92. The molecule has 0 saturated carbocycles. The van der Waals surface area contributed by atoms with Crippen LogP contribution in [-0.4, -0.2) is 50.5 Å². The van der Waals surface area contributed by atoms with Gasteiger partial charge in [0.25, 0.3) is 0 Å². The number of amides is 2. The zero-order valence-electron chi connectivity index (χ0n) is 25.1. The smallest absolute Gasteiger partial charge is 0.243 e. The van der Waals surface area contributed by atoms with Crippen LogP contribution in [0.3, 0.4) is 0 Å². The van der Waals surface area contributed by atoms with Crippen LogP contribution in [-0.2, 0) is 32.6 Å². The Morgan fingerprint density at radius 3 is 2.24 bits per heavy atom. The summed E-state index contributed by atoms with van der Waals surface area (Å²) in [5.41, 5.74) is 4.18. The largest absolute Gasteiger partial charge is 0.354 e. The van der Waals surface area contributed by atoms with Gasteiger partial charge in [-0.15, -0.1) is 0 Å². The summed E-state index contributed by atoms with van der Waals surface area (Å²) in [5.74, 6) is -0.166. The highest BCUT2D eigenvalue weighted by atomic mass is 35.5. The van der Waals surface area contributed by atoms with Crippen molar-refractivity contribution in [2.45, 2.75) is 59.5 Å². The Kier molecular flexibility index (Phi) is 12.0. The minimum absolute atomic E-state index is 0.0697. The fourth-order valence-electron chi connectivity index (χ4n) is 4.78. The van der Waals surface area contributed by atoms with Crippen LogP contribution in [0.4, 0.5) is 5.69 Å². The molecule has 1 atom stereocenters. The van der Waals surface area contributed by atoms with Gasteiger partial charge in [-0.05, 0) is 60.6 Å². The lowest BCUT2D eigenvalue weighted by Gasteiger charge is -2.32. The Bertz CT molecular complexity index is 1460. The van der Waals surface area contributed by atoms with Gasteiger partial charge < -0.3 is 10.2 Å². The first-order valence-corrected chi connectivity index (χ1v) is 16.5. The molecule has 0 aliphatic rings. The average Bonchev–Trinajstić information content (AvgIpc) is 2.94. The van der Waals surface area contributed by atoms with Gasteiger partial charge in [-0.25, -0.2) is 8.42 Å². The van der Waals surface area contributed by atoms with Crippen LogP contribution < -0.4 is 9.62 Å². The van der Waals surface area contributed by atoms with Crippen LogP contribution in [0.2, 0.25) is 5.02 Å². The van der Waals surface area contributed by atoms with Crippen molar-refractivity contribution in [1.82, 2.24) is 10.2 Å². The molecule has 226 valence electrons. The van der Waals surface area contributed by atoms with Crippen molar-refractivity contribution < 1.29 is 18.0 Å². The number of benzene rings is 3. The lowest BCUT2D eigenvalue weighted by atomic mass is 10.0. The molecule has 9 heteroatoms. The molecular formula is C33H42ClN3O4S. The van der Waals surface area contributed by atoms with Crippen molar-refractivity contribution in [2.24, 2.45) is 5.92 Å². The number of aryl methyl sites for hydroxylation is 2. The number of rotatable bonds is 14. The third-order valence-electron chi connectivity index (χ3n) is 7.15. The minimum Gasteiger partial charge on any atom is -0.354 e. The van der Waals surface area contributed by atoms with Crippen LogP contribution >= 0.6 is 11.6 Å². The van der Waals surface area contributed by atoms with Gasteiger partial charge >= 0.3 is 0 Å². The highest BCUT2D eigenvalue weighted by Crippen LogP contribution is 2.27. The highest BCUT2D eigenvalue weighted by Gasteiger charge is 2.31. The summed E-state index contributed by atoms with van der Waals surface area (Å²) in [5, 5.41) is 3.46. The van der Waals surface area contributed by atoms with E-state index in [1.54, 1.807) is 23.1 Å². The van der Waals surface area contributed by atoms with Gasteiger partial charge in [-0.3, -0.25) is 13.9 Å². The Hall–Kier alpha value is -3.36. The molecule has 0 aliphatic carbocycles. The average molecular weight is 612 g/mol. The van der Waals surface area contributed by atoms with Crippen molar-refractivity contribution >= 4 is 39.1 Å². The fourth-order valence-corrected chi connectivity index (χ4v) is 5.96. The number of hydrogen-bond donors (Lipinski definition) is 1. The quantitative estimate of drug-likeness (QED) is 0.245. The predicted molar refractivity (Wildman–Crippen MR) is 171 cm³/mol. The molecule has 3 aromatic rings. The molecule has 0 aliphatic heterocycles. The van der Waals surface area contributed by atoms with E-state index in [-0.39, 0.29) is 43.7 Å². The van der Waals surface area contributed by atoms with Gasteiger partial charge in [0.15, 0.2) is 0 Å². The molecule has 0 aromatic heterocycles. The Labute approximate surface area is 255 Å². The second-order valence-corrected chi connectivity index (χ2v) is 13.5. The predicted octanol–water partition coefficient (Wildman–Crippen LogP) is 5.92. The number of nitrogens with zero attached hydrogens (tertiary/aromatic N) is 2. The van der Waals surface area contributed by atoms with Crippen LogP contribution in [0.1, 0.15) is 48.9 Å². The molecule has 2 amide bonds. The number of hydrogen-bond acceptors (Lipinski definition) is 4. The summed E-state index contributed by atoms with van der Waals surface area (Å²) in [6, 6.07) is 21.9. The second kappa shape index (κ2) is 15.2. The lowest BCUT2D eigenvalue weighted by Crippen LogP contribution is -2.51. The Morgan fingerprint density at radius 2 is 1.60 bits per heavy atom. The van der Waals surface area contributed by atoms with Gasteiger partial charge in [0.2, 0.25) is 21.8 Å². The fraction of sp³-hybridized carbons (Fsp3) is 0.394. The summed E-state index contributed by atoms with van der Waals surface area (Å²) in [4.78, 5) is 29.3. The van der Waals surface area contributed by atoms with Gasteiger partial charge in [0, 0.05) is 37.5 Å². The molecule has 0 radical (unpaired) electrons. The number of nitrogens with one attached hydrogen (secondary N) is 1. The monoisotopic (exact) mass is 611 g/mol. The van der Waals surface area contributed by atoms with Crippen LogP contribution in [0, 0.1) is 19.8 Å². The van der Waals surface area contributed by atoms with Crippen molar-refractivity contribution in [3.8, 4) is 0 Å². The third kappa shape index (κ3) is 9.60. The van der Waals surface area contributed by atoms with E-state index in [2.05, 4.69) is 5.32 Å². The van der Waals surface area contributed by atoms with Gasteiger partial charge in [0.1, 0.15) is 6.04 Å². The molecule has 1 unspecified atom stereocenters. The minimum atomic E-state index is -3.63. The van der Waals surface area contributed by atoms with Crippen molar-refractivity contribution in [2.75, 3.05) is 23.7 Å². The molecule has 3 aromatic carbocycles. The first kappa shape index (κ1) is 33.1. The topological polar surface area (TPSA) is 86.8 Å². The number of carbonyl (C=O) groups is 2. The second-order valence-electron chi connectivity index (χ2n) is 11.2. The van der Waals surface area contributed by atoms with E-state index in [1.807, 2.05) is 82.3 Å². The zero-order chi connectivity index (χ0) is 30.9. The van der Waals surface area contributed by atoms with E-state index in [0.29, 0.717) is 23.7 Å². The maximum Gasteiger partial charge on any atom is 0.243 e. The SMILES string of the molecule is Cc1ccccc1CN(C(=O)CCCN(c1cc(Cl)ccc1C)S(C)(=O)=O)C(Cc1ccccc1)C(=O)NCC(C)C. The number of carbonyl (C=O) groups excluding carboxylic acids is 2. The molecule has 0 saturated heterocycles. The summed E-state index contributed by atoms with van der Waals surface area (Å²) in [7, 11) is -3.63. The van der Waals surface area contributed by atoms with Crippen LogP contribution in [0.15, 0.2) is 72.8 Å². The Balaban J connectivity index is 1.91. The molecule has 3 rings (SSSR count). The van der Waals surface area contributed by atoms with Crippen LogP contribution in [0.25, 0.3) is 0 Å². The summed E-state index contributed by atoms with van der Waals surface area (Å²) in [6.07, 6.45) is 1.85.